The fourth-order valence-corrected chi connectivity index (χ4v) is 3.91. The predicted octanol–water partition coefficient (Wildman–Crippen LogP) is 1.72. The number of carboxylic acids is 1. The second kappa shape index (κ2) is 5.64. The zero-order valence-electron chi connectivity index (χ0n) is 13.4. The summed E-state index contributed by atoms with van der Waals surface area (Å²) >= 11 is 0. The third-order valence-corrected chi connectivity index (χ3v) is 5.48. The first-order valence-corrected chi connectivity index (χ1v) is 8.20. The van der Waals surface area contributed by atoms with Crippen LogP contribution in [0.2, 0.25) is 0 Å². The lowest BCUT2D eigenvalue weighted by atomic mass is 9.70. The molecule has 2 N–H and O–H groups in total. The molecule has 1 aliphatic carbocycles. The van der Waals surface area contributed by atoms with Crippen molar-refractivity contribution in [1.82, 2.24) is 4.90 Å². The summed E-state index contributed by atoms with van der Waals surface area (Å²) in [6, 6.07) is 8.08. The van der Waals surface area contributed by atoms with E-state index >= 15 is 0 Å². The molecule has 1 aromatic rings. The Hall–Kier alpha value is -1.88. The summed E-state index contributed by atoms with van der Waals surface area (Å²) in [6.07, 6.45) is 2.96. The van der Waals surface area contributed by atoms with Gasteiger partial charge in [0.15, 0.2) is 5.60 Å². The molecule has 0 radical (unpaired) electrons. The number of hydrogen-bond acceptors (Lipinski definition) is 3. The molecule has 1 aromatic carbocycles. The van der Waals surface area contributed by atoms with Gasteiger partial charge < -0.3 is 15.1 Å². The van der Waals surface area contributed by atoms with Crippen molar-refractivity contribution >= 4 is 11.9 Å². The highest BCUT2D eigenvalue weighted by molar-refractivity contribution is 5.89. The molecule has 2 aliphatic rings. The summed E-state index contributed by atoms with van der Waals surface area (Å²) in [7, 11) is 0. The Labute approximate surface area is 135 Å². The maximum atomic E-state index is 13.1. The highest BCUT2D eigenvalue weighted by Crippen LogP contribution is 2.39. The highest BCUT2D eigenvalue weighted by Gasteiger charge is 2.45. The SMILES string of the molecule is CC1(C(=O)N2CCC(O)(C(=O)O)CC2)CCCc2ccccc21. The van der Waals surface area contributed by atoms with Gasteiger partial charge in [0.05, 0.1) is 5.41 Å². The van der Waals surface area contributed by atoms with Crippen molar-refractivity contribution in [2.45, 2.75) is 50.0 Å². The van der Waals surface area contributed by atoms with Crippen molar-refractivity contribution in [3.05, 3.63) is 35.4 Å². The maximum absolute atomic E-state index is 13.1. The summed E-state index contributed by atoms with van der Waals surface area (Å²) in [4.78, 5) is 26.0. The quantitative estimate of drug-likeness (QED) is 0.870. The van der Waals surface area contributed by atoms with Gasteiger partial charge in [-0.3, -0.25) is 4.79 Å². The number of piperidine rings is 1. The van der Waals surface area contributed by atoms with Gasteiger partial charge in [-0.2, -0.15) is 0 Å². The zero-order valence-corrected chi connectivity index (χ0v) is 13.4. The van der Waals surface area contributed by atoms with Crippen LogP contribution in [0.3, 0.4) is 0 Å². The number of benzene rings is 1. The zero-order chi connectivity index (χ0) is 16.7. The van der Waals surface area contributed by atoms with Gasteiger partial charge in [-0.1, -0.05) is 24.3 Å². The van der Waals surface area contributed by atoms with Crippen LogP contribution in [-0.2, 0) is 21.4 Å². The van der Waals surface area contributed by atoms with E-state index in [9.17, 15) is 14.7 Å². The van der Waals surface area contributed by atoms with Gasteiger partial charge in [0.1, 0.15) is 0 Å². The molecule has 0 spiro atoms. The summed E-state index contributed by atoms with van der Waals surface area (Å²) in [6.45, 7) is 2.57. The molecule has 1 atom stereocenters. The number of hydrogen-bond donors (Lipinski definition) is 2. The number of carbonyl (C=O) groups excluding carboxylic acids is 1. The number of aliphatic hydroxyl groups is 1. The van der Waals surface area contributed by atoms with Gasteiger partial charge >= 0.3 is 5.97 Å². The van der Waals surface area contributed by atoms with Crippen LogP contribution in [0.1, 0.15) is 43.7 Å². The van der Waals surface area contributed by atoms with E-state index in [1.54, 1.807) is 4.90 Å². The second-order valence-corrected chi connectivity index (χ2v) is 6.97. The van der Waals surface area contributed by atoms with Crippen LogP contribution in [0, 0.1) is 0 Å². The van der Waals surface area contributed by atoms with E-state index in [2.05, 4.69) is 6.07 Å². The summed E-state index contributed by atoms with van der Waals surface area (Å²) < 4.78 is 0. The van der Waals surface area contributed by atoms with Crippen LogP contribution in [0.4, 0.5) is 0 Å². The molecule has 3 rings (SSSR count). The topological polar surface area (TPSA) is 77.8 Å². The molecule has 23 heavy (non-hydrogen) atoms. The Morgan fingerprint density at radius 1 is 1.13 bits per heavy atom. The number of amides is 1. The summed E-state index contributed by atoms with van der Waals surface area (Å²) in [5.41, 5.74) is 0.0827. The number of carboxylic acid groups (broad SMARTS) is 1. The number of fused-ring (bicyclic) bond motifs is 1. The number of aryl methyl sites for hydroxylation is 1. The molecule has 0 bridgehead atoms. The van der Waals surface area contributed by atoms with Crippen molar-refractivity contribution in [3.63, 3.8) is 0 Å². The van der Waals surface area contributed by atoms with Crippen molar-refractivity contribution in [3.8, 4) is 0 Å². The van der Waals surface area contributed by atoms with Gasteiger partial charge in [0.25, 0.3) is 0 Å². The third kappa shape index (κ3) is 2.63. The van der Waals surface area contributed by atoms with Crippen LogP contribution in [-0.4, -0.2) is 45.7 Å². The Morgan fingerprint density at radius 2 is 1.78 bits per heavy atom. The van der Waals surface area contributed by atoms with Crippen LogP contribution < -0.4 is 0 Å². The second-order valence-electron chi connectivity index (χ2n) is 6.97. The number of nitrogens with zero attached hydrogens (tertiary/aromatic N) is 1. The molecule has 5 heteroatoms. The molecular formula is C18H23NO4. The first-order chi connectivity index (χ1) is 10.9. The minimum atomic E-state index is -1.69. The predicted molar refractivity (Wildman–Crippen MR) is 85.1 cm³/mol. The van der Waals surface area contributed by atoms with Crippen LogP contribution in [0.25, 0.3) is 0 Å². The van der Waals surface area contributed by atoms with E-state index in [1.165, 1.54) is 5.56 Å². The normalized spacial score (nSPS) is 26.4. The summed E-state index contributed by atoms with van der Waals surface area (Å²) in [5.74, 6) is -1.14. The van der Waals surface area contributed by atoms with Crippen molar-refractivity contribution < 1.29 is 19.8 Å². The fourth-order valence-electron chi connectivity index (χ4n) is 3.91. The lowest BCUT2D eigenvalue weighted by Crippen LogP contribution is -2.55. The van der Waals surface area contributed by atoms with E-state index in [1.807, 2.05) is 25.1 Å². The molecule has 0 saturated carbocycles. The molecule has 1 unspecified atom stereocenters. The first kappa shape index (κ1) is 16.0. The number of rotatable bonds is 2. The number of likely N-dealkylation sites (tertiary alicyclic amines) is 1. The monoisotopic (exact) mass is 317 g/mol. The average molecular weight is 317 g/mol. The van der Waals surface area contributed by atoms with E-state index in [4.69, 9.17) is 5.11 Å². The molecule has 0 aromatic heterocycles. The Morgan fingerprint density at radius 3 is 2.43 bits per heavy atom. The Balaban J connectivity index is 1.81. The van der Waals surface area contributed by atoms with Crippen molar-refractivity contribution in [2.24, 2.45) is 0 Å². The summed E-state index contributed by atoms with van der Waals surface area (Å²) in [5, 5.41) is 19.1. The highest BCUT2D eigenvalue weighted by atomic mass is 16.4. The van der Waals surface area contributed by atoms with Gasteiger partial charge in [0, 0.05) is 25.9 Å². The van der Waals surface area contributed by atoms with E-state index in [0.717, 1.165) is 24.8 Å². The molecule has 5 nitrogen and oxygen atoms in total. The lowest BCUT2D eigenvalue weighted by Gasteiger charge is -2.42. The van der Waals surface area contributed by atoms with Crippen LogP contribution in [0.5, 0.6) is 0 Å². The largest absolute Gasteiger partial charge is 0.479 e. The van der Waals surface area contributed by atoms with Crippen molar-refractivity contribution in [1.29, 1.82) is 0 Å². The first-order valence-electron chi connectivity index (χ1n) is 8.20. The average Bonchev–Trinajstić information content (AvgIpc) is 2.55. The number of aliphatic carboxylic acids is 1. The smallest absolute Gasteiger partial charge is 0.335 e. The third-order valence-electron chi connectivity index (χ3n) is 5.48. The van der Waals surface area contributed by atoms with E-state index in [-0.39, 0.29) is 18.7 Å². The van der Waals surface area contributed by atoms with Crippen molar-refractivity contribution in [2.75, 3.05) is 13.1 Å². The number of carbonyl (C=O) groups is 2. The molecule has 1 fully saturated rings. The van der Waals surface area contributed by atoms with Crippen LogP contribution in [0.15, 0.2) is 24.3 Å². The standard InChI is InChI=1S/C18H23NO4/c1-17(8-4-6-13-5-2-3-7-14(13)17)15(20)19-11-9-18(23,10-12-19)16(21)22/h2-3,5,7,23H,4,6,8-12H2,1H3,(H,21,22). The molecule has 1 amide bonds. The molecular weight excluding hydrogens is 294 g/mol. The molecule has 1 heterocycles. The minimum Gasteiger partial charge on any atom is -0.479 e. The fraction of sp³-hybridized carbons (Fsp3) is 0.556. The molecule has 124 valence electrons. The maximum Gasteiger partial charge on any atom is 0.335 e. The van der Waals surface area contributed by atoms with Gasteiger partial charge in [-0.15, -0.1) is 0 Å². The van der Waals surface area contributed by atoms with E-state index < -0.39 is 17.0 Å². The van der Waals surface area contributed by atoms with Gasteiger partial charge in [-0.05, 0) is 37.3 Å². The molecule has 1 saturated heterocycles. The lowest BCUT2D eigenvalue weighted by molar-refractivity contribution is -0.166. The van der Waals surface area contributed by atoms with E-state index in [0.29, 0.717) is 13.1 Å². The minimum absolute atomic E-state index is 0.0529. The molecule has 1 aliphatic heterocycles. The van der Waals surface area contributed by atoms with Crippen LogP contribution >= 0.6 is 0 Å². The Kier molecular flexibility index (Phi) is 3.92. The van der Waals surface area contributed by atoms with Gasteiger partial charge in [-0.25, -0.2) is 4.79 Å². The van der Waals surface area contributed by atoms with Gasteiger partial charge in [0.2, 0.25) is 5.91 Å². The Bertz CT molecular complexity index is 634.